The molecule has 3 heteroatoms. The molecule has 78 valence electrons. The molecule has 0 N–H and O–H groups in total. The fourth-order valence-corrected chi connectivity index (χ4v) is 2.94. The lowest BCUT2D eigenvalue weighted by Gasteiger charge is -2.35. The molecule has 0 saturated heterocycles. The number of rotatable bonds is 5. The van der Waals surface area contributed by atoms with Gasteiger partial charge in [-0.3, -0.25) is 0 Å². The Kier molecular flexibility index (Phi) is 5.14. The van der Waals surface area contributed by atoms with Crippen LogP contribution in [0.15, 0.2) is 0 Å². The van der Waals surface area contributed by atoms with Crippen LogP contribution in [0.25, 0.3) is 0 Å². The largest absolute Gasteiger partial charge is 0.377 e. The molecule has 0 bridgehead atoms. The first kappa shape index (κ1) is 11.3. The normalized spacial score (nSPS) is 21.7. The maximum absolute atomic E-state index is 5.65. The predicted octanol–water partition coefficient (Wildman–Crippen LogP) is 2.67. The molecule has 1 fully saturated rings. The quantitative estimate of drug-likeness (QED) is 0.507. The van der Waals surface area contributed by atoms with Gasteiger partial charge in [-0.1, -0.05) is 19.3 Å². The van der Waals surface area contributed by atoms with Gasteiger partial charge in [0, 0.05) is 20.0 Å². The summed E-state index contributed by atoms with van der Waals surface area (Å²) in [5.41, 5.74) is 0.154. The van der Waals surface area contributed by atoms with Crippen LogP contribution in [0.4, 0.5) is 0 Å². The zero-order valence-electron chi connectivity index (χ0n) is 8.67. The van der Waals surface area contributed by atoms with Crippen LogP contribution >= 0.6 is 11.8 Å². The SMILES string of the molecule is COCSCC1(OC)CCCCC1. The maximum Gasteiger partial charge on any atom is 0.0918 e. The van der Waals surface area contributed by atoms with Gasteiger partial charge in [0.25, 0.3) is 0 Å². The van der Waals surface area contributed by atoms with E-state index in [1.165, 1.54) is 32.1 Å². The van der Waals surface area contributed by atoms with E-state index in [0.717, 1.165) is 11.7 Å². The van der Waals surface area contributed by atoms with E-state index in [4.69, 9.17) is 9.47 Å². The van der Waals surface area contributed by atoms with Crippen molar-refractivity contribution >= 4 is 11.8 Å². The molecule has 0 heterocycles. The van der Waals surface area contributed by atoms with Gasteiger partial charge in [0.05, 0.1) is 11.5 Å². The molecule has 0 aromatic rings. The number of hydrogen-bond donors (Lipinski definition) is 0. The molecular weight excluding hydrogens is 184 g/mol. The Morgan fingerprint density at radius 1 is 1.15 bits per heavy atom. The summed E-state index contributed by atoms with van der Waals surface area (Å²) in [5, 5.41) is 0. The molecule has 0 atom stereocenters. The summed E-state index contributed by atoms with van der Waals surface area (Å²) in [6, 6.07) is 0. The summed E-state index contributed by atoms with van der Waals surface area (Å²) in [7, 11) is 3.59. The van der Waals surface area contributed by atoms with Crippen molar-refractivity contribution in [2.45, 2.75) is 37.7 Å². The third-order valence-corrected chi connectivity index (χ3v) is 3.90. The first-order chi connectivity index (χ1) is 6.33. The molecule has 0 aliphatic heterocycles. The van der Waals surface area contributed by atoms with E-state index in [-0.39, 0.29) is 5.60 Å². The highest BCUT2D eigenvalue weighted by Gasteiger charge is 2.31. The summed E-state index contributed by atoms with van der Waals surface area (Å²) in [6.45, 7) is 0. The standard InChI is InChI=1S/C10H20O2S/c1-11-9-13-8-10(12-2)6-4-3-5-7-10/h3-9H2,1-2H3. The number of ether oxygens (including phenoxy) is 2. The van der Waals surface area contributed by atoms with Crippen LogP contribution in [0.1, 0.15) is 32.1 Å². The minimum absolute atomic E-state index is 0.154. The highest BCUT2D eigenvalue weighted by Crippen LogP contribution is 2.33. The first-order valence-electron chi connectivity index (χ1n) is 4.95. The molecule has 0 unspecified atom stereocenters. The number of thioether (sulfide) groups is 1. The van der Waals surface area contributed by atoms with Gasteiger partial charge in [-0.2, -0.15) is 0 Å². The van der Waals surface area contributed by atoms with Gasteiger partial charge >= 0.3 is 0 Å². The first-order valence-corrected chi connectivity index (χ1v) is 6.10. The van der Waals surface area contributed by atoms with E-state index >= 15 is 0 Å². The van der Waals surface area contributed by atoms with Crippen molar-refractivity contribution in [3.8, 4) is 0 Å². The minimum Gasteiger partial charge on any atom is -0.377 e. The summed E-state index contributed by atoms with van der Waals surface area (Å²) in [4.78, 5) is 0. The maximum atomic E-state index is 5.65. The second kappa shape index (κ2) is 5.89. The molecular formula is C10H20O2S. The third-order valence-electron chi connectivity index (χ3n) is 2.76. The van der Waals surface area contributed by atoms with Gasteiger partial charge in [-0.15, -0.1) is 11.8 Å². The molecule has 0 aromatic carbocycles. The van der Waals surface area contributed by atoms with E-state index in [9.17, 15) is 0 Å². The molecule has 0 radical (unpaired) electrons. The summed E-state index contributed by atoms with van der Waals surface area (Å²) in [6.07, 6.45) is 6.46. The van der Waals surface area contributed by atoms with Crippen LogP contribution in [-0.4, -0.2) is 31.5 Å². The molecule has 0 spiro atoms. The Hall–Kier alpha value is 0.270. The van der Waals surface area contributed by atoms with Crippen LogP contribution in [0.3, 0.4) is 0 Å². The highest BCUT2D eigenvalue weighted by molar-refractivity contribution is 7.99. The van der Waals surface area contributed by atoms with Gasteiger partial charge in [0.2, 0.25) is 0 Å². The van der Waals surface area contributed by atoms with E-state index in [2.05, 4.69) is 0 Å². The second-order valence-corrected chi connectivity index (χ2v) is 4.64. The molecule has 13 heavy (non-hydrogen) atoms. The lowest BCUT2D eigenvalue weighted by Crippen LogP contribution is -2.36. The summed E-state index contributed by atoms with van der Waals surface area (Å²) < 4.78 is 10.7. The average molecular weight is 204 g/mol. The van der Waals surface area contributed by atoms with Crippen molar-refractivity contribution in [1.29, 1.82) is 0 Å². The Balaban J connectivity index is 2.29. The van der Waals surface area contributed by atoms with E-state index in [1.807, 2.05) is 18.9 Å². The van der Waals surface area contributed by atoms with Crippen LogP contribution in [0, 0.1) is 0 Å². The smallest absolute Gasteiger partial charge is 0.0918 e. The van der Waals surface area contributed by atoms with Crippen molar-refractivity contribution in [2.75, 3.05) is 25.9 Å². The fraction of sp³-hybridized carbons (Fsp3) is 1.00. The van der Waals surface area contributed by atoms with Crippen molar-refractivity contribution < 1.29 is 9.47 Å². The van der Waals surface area contributed by atoms with Crippen molar-refractivity contribution in [1.82, 2.24) is 0 Å². The lowest BCUT2D eigenvalue weighted by atomic mass is 9.86. The second-order valence-electron chi connectivity index (χ2n) is 3.70. The van der Waals surface area contributed by atoms with Crippen molar-refractivity contribution in [2.24, 2.45) is 0 Å². The van der Waals surface area contributed by atoms with Gasteiger partial charge in [0.1, 0.15) is 0 Å². The van der Waals surface area contributed by atoms with Crippen LogP contribution in [0.2, 0.25) is 0 Å². The molecule has 0 aromatic heterocycles. The van der Waals surface area contributed by atoms with Crippen molar-refractivity contribution in [3.05, 3.63) is 0 Å². The monoisotopic (exact) mass is 204 g/mol. The molecule has 1 rings (SSSR count). The molecule has 1 aliphatic carbocycles. The van der Waals surface area contributed by atoms with Crippen LogP contribution in [0.5, 0.6) is 0 Å². The Morgan fingerprint density at radius 2 is 1.85 bits per heavy atom. The van der Waals surface area contributed by atoms with E-state index < -0.39 is 0 Å². The molecule has 0 amide bonds. The van der Waals surface area contributed by atoms with E-state index in [1.54, 1.807) is 7.11 Å². The fourth-order valence-electron chi connectivity index (χ4n) is 1.91. The van der Waals surface area contributed by atoms with Gasteiger partial charge in [-0.25, -0.2) is 0 Å². The van der Waals surface area contributed by atoms with Gasteiger partial charge in [-0.05, 0) is 12.8 Å². The van der Waals surface area contributed by atoms with E-state index in [0.29, 0.717) is 0 Å². The van der Waals surface area contributed by atoms with Gasteiger partial charge in [0.15, 0.2) is 0 Å². The Labute approximate surface area is 85.4 Å². The Bertz CT molecular complexity index is 133. The zero-order valence-corrected chi connectivity index (χ0v) is 9.49. The predicted molar refractivity (Wildman–Crippen MR) is 57.2 cm³/mol. The zero-order chi connectivity index (χ0) is 9.57. The molecule has 1 saturated carbocycles. The Morgan fingerprint density at radius 3 is 2.38 bits per heavy atom. The summed E-state index contributed by atoms with van der Waals surface area (Å²) in [5.74, 6) is 1.86. The van der Waals surface area contributed by atoms with Gasteiger partial charge < -0.3 is 9.47 Å². The van der Waals surface area contributed by atoms with Crippen LogP contribution < -0.4 is 0 Å². The van der Waals surface area contributed by atoms with Crippen molar-refractivity contribution in [3.63, 3.8) is 0 Å². The highest BCUT2D eigenvalue weighted by atomic mass is 32.2. The van der Waals surface area contributed by atoms with Crippen LogP contribution in [-0.2, 0) is 9.47 Å². The number of methoxy groups -OCH3 is 2. The minimum atomic E-state index is 0.154. The molecule has 2 nitrogen and oxygen atoms in total. The third kappa shape index (κ3) is 3.49. The molecule has 1 aliphatic rings. The lowest BCUT2D eigenvalue weighted by molar-refractivity contribution is -0.0191. The number of hydrogen-bond acceptors (Lipinski definition) is 3. The summed E-state index contributed by atoms with van der Waals surface area (Å²) >= 11 is 1.84. The topological polar surface area (TPSA) is 18.5 Å². The average Bonchev–Trinajstić information content (AvgIpc) is 2.20.